The second-order valence-electron chi connectivity index (χ2n) is 4.11. The summed E-state index contributed by atoms with van der Waals surface area (Å²) in [5.41, 5.74) is 0.702. The van der Waals surface area contributed by atoms with E-state index < -0.39 is 0 Å². The van der Waals surface area contributed by atoms with Crippen molar-refractivity contribution >= 4 is 46.2 Å². The molecule has 0 saturated carbocycles. The van der Waals surface area contributed by atoms with E-state index in [4.69, 9.17) is 0 Å². The van der Waals surface area contributed by atoms with Crippen LogP contribution >= 0.6 is 23.1 Å². The molecule has 1 aromatic carbocycles. The summed E-state index contributed by atoms with van der Waals surface area (Å²) in [6.07, 6.45) is 2.87. The molecule has 2 rings (SSSR count). The molecule has 1 N–H and O–H groups in total. The minimum absolute atomic E-state index is 0.129. The molecule has 1 heterocycles. The number of nitrogens with one attached hydrogen (secondary N) is 1. The highest BCUT2D eigenvalue weighted by Gasteiger charge is 2.09. The number of nitrogens with zero attached hydrogens (tertiary/aromatic N) is 2. The summed E-state index contributed by atoms with van der Waals surface area (Å²) in [7, 11) is 1.31. The molecule has 120 valence electrons. The summed E-state index contributed by atoms with van der Waals surface area (Å²) < 4.78 is 17.8. The third-order valence-electron chi connectivity index (χ3n) is 2.47. The minimum Gasteiger partial charge on any atom is -0.468 e. The molecule has 0 aliphatic carbocycles. The number of carbonyl (C=O) groups excluding carboxylic acids is 2. The Morgan fingerprint density at radius 2 is 2.09 bits per heavy atom. The van der Waals surface area contributed by atoms with Crippen molar-refractivity contribution in [3.8, 4) is 0 Å². The normalized spacial score (nSPS) is 10.7. The number of ether oxygens (including phenoxy) is 1. The smallest absolute Gasteiger partial charge is 0.316 e. The molecule has 1 aromatic heterocycles. The van der Waals surface area contributed by atoms with E-state index in [1.165, 1.54) is 37.1 Å². The Balaban J connectivity index is 1.86. The van der Waals surface area contributed by atoms with Crippen LogP contribution in [0, 0.1) is 5.82 Å². The highest BCUT2D eigenvalue weighted by atomic mass is 32.2. The van der Waals surface area contributed by atoms with Crippen molar-refractivity contribution in [1.82, 2.24) is 10.2 Å². The second kappa shape index (κ2) is 8.39. The molecule has 0 radical (unpaired) electrons. The van der Waals surface area contributed by atoms with Gasteiger partial charge in [-0.2, -0.15) is 0 Å². The molecule has 0 aliphatic rings. The van der Waals surface area contributed by atoms with Gasteiger partial charge >= 0.3 is 5.97 Å². The summed E-state index contributed by atoms with van der Waals surface area (Å²) in [5.74, 6) is -0.950. The van der Waals surface area contributed by atoms with Gasteiger partial charge in [0.05, 0.1) is 12.9 Å². The third kappa shape index (κ3) is 5.80. The maximum absolute atomic E-state index is 12.8. The van der Waals surface area contributed by atoms with Crippen LogP contribution in [0.5, 0.6) is 0 Å². The quantitative estimate of drug-likeness (QED) is 0.372. The Hall–Kier alpha value is -2.26. The van der Waals surface area contributed by atoms with Gasteiger partial charge in [-0.3, -0.25) is 14.9 Å². The lowest BCUT2D eigenvalue weighted by Crippen LogP contribution is -2.07. The second-order valence-corrected chi connectivity index (χ2v) is 6.31. The van der Waals surface area contributed by atoms with Crippen LogP contribution in [-0.4, -0.2) is 34.9 Å². The van der Waals surface area contributed by atoms with Crippen LogP contribution in [-0.2, 0) is 14.3 Å². The standard InChI is InChI=1S/C14H12FN3O3S2/c1-21-12(20)8-22-14-18-17-13(23-14)16-11(19)7-4-9-2-5-10(15)6-3-9/h2-7H,8H2,1H3,(H,16,17,19)/b7-4+. The molecule has 0 aliphatic heterocycles. The van der Waals surface area contributed by atoms with Gasteiger partial charge in [-0.15, -0.1) is 10.2 Å². The maximum Gasteiger partial charge on any atom is 0.316 e. The van der Waals surface area contributed by atoms with Gasteiger partial charge in [0.25, 0.3) is 0 Å². The highest BCUT2D eigenvalue weighted by molar-refractivity contribution is 8.01. The average Bonchev–Trinajstić information content (AvgIpc) is 2.99. The van der Waals surface area contributed by atoms with Gasteiger partial charge in [-0.1, -0.05) is 35.2 Å². The van der Waals surface area contributed by atoms with Crippen LogP contribution in [0.25, 0.3) is 6.08 Å². The Kier molecular flexibility index (Phi) is 6.24. The molecule has 6 nitrogen and oxygen atoms in total. The van der Waals surface area contributed by atoms with Crippen molar-refractivity contribution < 1.29 is 18.7 Å². The van der Waals surface area contributed by atoms with Crippen molar-refractivity contribution in [3.05, 3.63) is 41.7 Å². The first-order valence-electron chi connectivity index (χ1n) is 6.34. The number of esters is 1. The number of carbonyl (C=O) groups is 2. The number of amides is 1. The molecule has 0 unspecified atom stereocenters. The summed E-state index contributed by atoms with van der Waals surface area (Å²) >= 11 is 2.33. The Morgan fingerprint density at radius 3 is 2.78 bits per heavy atom. The number of rotatable bonds is 6. The van der Waals surface area contributed by atoms with E-state index in [1.54, 1.807) is 18.2 Å². The van der Waals surface area contributed by atoms with Gasteiger partial charge in [-0.05, 0) is 23.8 Å². The molecule has 1 amide bonds. The van der Waals surface area contributed by atoms with Crippen LogP contribution in [0.2, 0.25) is 0 Å². The van der Waals surface area contributed by atoms with Crippen LogP contribution in [0.15, 0.2) is 34.7 Å². The van der Waals surface area contributed by atoms with E-state index in [-0.39, 0.29) is 23.4 Å². The predicted molar refractivity (Wildman–Crippen MR) is 86.7 cm³/mol. The molecule has 0 atom stereocenters. The molecule has 0 saturated heterocycles. The fourth-order valence-corrected chi connectivity index (χ4v) is 2.98. The van der Waals surface area contributed by atoms with Crippen LogP contribution < -0.4 is 5.32 Å². The lowest BCUT2D eigenvalue weighted by Gasteiger charge is -1.96. The van der Waals surface area contributed by atoms with E-state index in [2.05, 4.69) is 20.3 Å². The SMILES string of the molecule is COC(=O)CSc1nnc(NC(=O)/C=C/c2ccc(F)cc2)s1. The largest absolute Gasteiger partial charge is 0.468 e. The summed E-state index contributed by atoms with van der Waals surface area (Å²) in [6, 6.07) is 5.75. The Bertz CT molecular complexity index is 716. The summed E-state index contributed by atoms with van der Waals surface area (Å²) in [6.45, 7) is 0. The fraction of sp³-hybridized carbons (Fsp3) is 0.143. The summed E-state index contributed by atoms with van der Waals surface area (Å²) in [4.78, 5) is 22.8. The molecule has 23 heavy (non-hydrogen) atoms. The Labute approximate surface area is 139 Å². The number of hydrogen-bond donors (Lipinski definition) is 1. The van der Waals surface area contributed by atoms with E-state index in [0.717, 1.165) is 11.3 Å². The van der Waals surface area contributed by atoms with Gasteiger partial charge in [-0.25, -0.2) is 4.39 Å². The molecule has 0 spiro atoms. The number of thioether (sulfide) groups is 1. The lowest BCUT2D eigenvalue weighted by molar-refractivity contribution is -0.137. The topological polar surface area (TPSA) is 81.2 Å². The van der Waals surface area contributed by atoms with E-state index >= 15 is 0 Å². The fourth-order valence-electron chi connectivity index (χ4n) is 1.39. The maximum atomic E-state index is 12.8. The van der Waals surface area contributed by atoms with Crippen LogP contribution in [0.4, 0.5) is 9.52 Å². The zero-order valence-corrected chi connectivity index (χ0v) is 13.6. The molecule has 0 fully saturated rings. The highest BCUT2D eigenvalue weighted by Crippen LogP contribution is 2.25. The van der Waals surface area contributed by atoms with Gasteiger partial charge in [0, 0.05) is 6.08 Å². The third-order valence-corrected chi connectivity index (χ3v) is 4.42. The van der Waals surface area contributed by atoms with E-state index in [9.17, 15) is 14.0 Å². The van der Waals surface area contributed by atoms with Crippen molar-refractivity contribution in [2.24, 2.45) is 0 Å². The molecular weight excluding hydrogens is 341 g/mol. The van der Waals surface area contributed by atoms with E-state index in [0.29, 0.717) is 15.0 Å². The number of anilines is 1. The van der Waals surface area contributed by atoms with Crippen LogP contribution in [0.3, 0.4) is 0 Å². The molecular formula is C14H12FN3O3S2. The number of hydrogen-bond acceptors (Lipinski definition) is 7. The Morgan fingerprint density at radius 1 is 1.35 bits per heavy atom. The van der Waals surface area contributed by atoms with Gasteiger partial charge < -0.3 is 4.74 Å². The lowest BCUT2D eigenvalue weighted by atomic mass is 10.2. The van der Waals surface area contributed by atoms with Crippen LogP contribution in [0.1, 0.15) is 5.56 Å². The predicted octanol–water partition coefficient (Wildman–Crippen LogP) is 2.59. The van der Waals surface area contributed by atoms with Crippen molar-refractivity contribution in [1.29, 1.82) is 0 Å². The number of aromatic nitrogens is 2. The summed E-state index contributed by atoms with van der Waals surface area (Å²) in [5, 5.41) is 10.5. The first-order valence-corrected chi connectivity index (χ1v) is 8.15. The van der Waals surface area contributed by atoms with E-state index in [1.807, 2.05) is 0 Å². The number of methoxy groups -OCH3 is 1. The first-order chi connectivity index (χ1) is 11.1. The van der Waals surface area contributed by atoms with Gasteiger partial charge in [0.1, 0.15) is 5.82 Å². The molecule has 0 bridgehead atoms. The number of benzene rings is 1. The zero-order valence-electron chi connectivity index (χ0n) is 12.0. The monoisotopic (exact) mass is 353 g/mol. The van der Waals surface area contributed by atoms with Crippen molar-refractivity contribution in [2.75, 3.05) is 18.2 Å². The molecule has 9 heteroatoms. The number of halogens is 1. The minimum atomic E-state index is -0.380. The van der Waals surface area contributed by atoms with Crippen molar-refractivity contribution in [2.45, 2.75) is 4.34 Å². The van der Waals surface area contributed by atoms with Crippen molar-refractivity contribution in [3.63, 3.8) is 0 Å². The van der Waals surface area contributed by atoms with Gasteiger partial charge in [0.2, 0.25) is 11.0 Å². The average molecular weight is 353 g/mol. The zero-order chi connectivity index (χ0) is 16.7. The van der Waals surface area contributed by atoms with Gasteiger partial charge in [0.15, 0.2) is 4.34 Å². The first kappa shape index (κ1) is 17.1. The molecule has 2 aromatic rings.